The molecule has 1 amide bonds. The molecule has 0 bridgehead atoms. The number of benzene rings is 3. The molecule has 0 aromatic heterocycles. The van der Waals surface area contributed by atoms with E-state index < -0.39 is 0 Å². The maximum atomic E-state index is 11.9. The van der Waals surface area contributed by atoms with Crippen molar-refractivity contribution in [3.05, 3.63) is 77.3 Å². The Morgan fingerprint density at radius 2 is 1.85 bits per heavy atom. The first-order chi connectivity index (χ1) is 12.7. The summed E-state index contributed by atoms with van der Waals surface area (Å²) in [6.07, 6.45) is 0. The van der Waals surface area contributed by atoms with Crippen molar-refractivity contribution >= 4 is 40.0 Å². The van der Waals surface area contributed by atoms with Crippen LogP contribution in [0.1, 0.15) is 5.56 Å². The number of carbonyl (C=O) groups is 1. The second kappa shape index (κ2) is 9.51. The van der Waals surface area contributed by atoms with E-state index in [1.807, 2.05) is 54.6 Å². The van der Waals surface area contributed by atoms with Crippen LogP contribution in [-0.4, -0.2) is 24.8 Å². The minimum absolute atomic E-state index is 0.0131. The largest absolute Gasteiger partial charge is 0.492 e. The van der Waals surface area contributed by atoms with Gasteiger partial charge in [-0.3, -0.25) is 4.79 Å². The maximum Gasteiger partial charge on any atom is 0.230 e. The van der Waals surface area contributed by atoms with Gasteiger partial charge in [0.1, 0.15) is 12.4 Å². The predicted molar refractivity (Wildman–Crippen MR) is 110 cm³/mol. The molecule has 0 radical (unpaired) electrons. The number of nitrogens with one attached hydrogen (secondary N) is 1. The van der Waals surface area contributed by atoms with Crippen molar-refractivity contribution in [1.82, 2.24) is 5.32 Å². The highest BCUT2D eigenvalue weighted by atomic mass is 35.5. The van der Waals surface area contributed by atoms with E-state index in [-0.39, 0.29) is 5.91 Å². The highest BCUT2D eigenvalue weighted by molar-refractivity contribution is 7.99. The van der Waals surface area contributed by atoms with Gasteiger partial charge in [0, 0.05) is 10.8 Å². The van der Waals surface area contributed by atoms with Gasteiger partial charge in [-0.1, -0.05) is 54.1 Å². The molecule has 0 spiro atoms. The lowest BCUT2D eigenvalue weighted by molar-refractivity contribution is -0.118. The second-order valence-corrected chi connectivity index (χ2v) is 7.25. The molecule has 134 valence electrons. The Kier molecular flexibility index (Phi) is 6.81. The molecule has 0 aliphatic heterocycles. The van der Waals surface area contributed by atoms with Crippen LogP contribution in [0.2, 0.25) is 5.02 Å². The van der Waals surface area contributed by atoms with Gasteiger partial charge < -0.3 is 10.1 Å². The molecular weight excluding hydrogens is 366 g/mol. The normalized spacial score (nSPS) is 10.7. The summed E-state index contributed by atoms with van der Waals surface area (Å²) in [5, 5.41) is 5.93. The Morgan fingerprint density at radius 3 is 2.69 bits per heavy atom. The number of hydrogen-bond donors (Lipinski definition) is 1. The Balaban J connectivity index is 1.34. The third kappa shape index (κ3) is 5.68. The van der Waals surface area contributed by atoms with E-state index in [2.05, 4.69) is 17.4 Å². The van der Waals surface area contributed by atoms with Crippen LogP contribution in [0.3, 0.4) is 0 Å². The standard InChI is InChI=1S/C21H20ClNO2S/c22-19-7-3-4-16(12-19)14-26-15-21(24)23-10-11-25-20-9-8-17-5-1-2-6-18(17)13-20/h1-9,12-13H,10-11,14-15H2,(H,23,24). The van der Waals surface area contributed by atoms with Gasteiger partial charge >= 0.3 is 0 Å². The number of halogens is 1. The summed E-state index contributed by atoms with van der Waals surface area (Å²) in [5.74, 6) is 2.01. The molecule has 3 rings (SSSR count). The lowest BCUT2D eigenvalue weighted by atomic mass is 10.1. The van der Waals surface area contributed by atoms with Gasteiger partial charge in [-0.25, -0.2) is 0 Å². The Hall–Kier alpha value is -2.17. The number of fused-ring (bicyclic) bond motifs is 1. The van der Waals surface area contributed by atoms with Gasteiger partial charge in [0.25, 0.3) is 0 Å². The Morgan fingerprint density at radius 1 is 1.00 bits per heavy atom. The van der Waals surface area contributed by atoms with E-state index in [1.165, 1.54) is 5.39 Å². The highest BCUT2D eigenvalue weighted by Crippen LogP contribution is 2.20. The van der Waals surface area contributed by atoms with Crippen molar-refractivity contribution in [3.8, 4) is 5.75 Å². The zero-order valence-corrected chi connectivity index (χ0v) is 15.9. The van der Waals surface area contributed by atoms with Crippen molar-refractivity contribution in [1.29, 1.82) is 0 Å². The summed E-state index contributed by atoms with van der Waals surface area (Å²) in [6, 6.07) is 21.8. The van der Waals surface area contributed by atoms with Crippen LogP contribution in [0.25, 0.3) is 10.8 Å². The Bertz CT molecular complexity index is 885. The van der Waals surface area contributed by atoms with Gasteiger partial charge in [-0.2, -0.15) is 0 Å². The molecular formula is C21H20ClNO2S. The average molecular weight is 386 g/mol. The van der Waals surface area contributed by atoms with Crippen molar-refractivity contribution < 1.29 is 9.53 Å². The SMILES string of the molecule is O=C(CSCc1cccc(Cl)c1)NCCOc1ccc2ccccc2c1. The maximum absolute atomic E-state index is 11.9. The molecule has 0 saturated heterocycles. The first kappa shape index (κ1) is 18.6. The van der Waals surface area contributed by atoms with Gasteiger partial charge in [-0.05, 0) is 40.6 Å². The molecule has 0 unspecified atom stereocenters. The van der Waals surface area contributed by atoms with E-state index in [0.717, 1.165) is 27.5 Å². The quantitative estimate of drug-likeness (QED) is 0.559. The van der Waals surface area contributed by atoms with Gasteiger partial charge in [0.2, 0.25) is 5.91 Å². The topological polar surface area (TPSA) is 38.3 Å². The highest BCUT2D eigenvalue weighted by Gasteiger charge is 2.03. The fourth-order valence-corrected chi connectivity index (χ4v) is 3.57. The molecule has 0 fully saturated rings. The summed E-state index contributed by atoms with van der Waals surface area (Å²) in [6.45, 7) is 0.937. The fraction of sp³-hybridized carbons (Fsp3) is 0.190. The number of thioether (sulfide) groups is 1. The minimum atomic E-state index is 0.0131. The van der Waals surface area contributed by atoms with Crippen molar-refractivity contribution in [2.45, 2.75) is 5.75 Å². The van der Waals surface area contributed by atoms with Gasteiger partial charge in [0.05, 0.1) is 12.3 Å². The molecule has 5 heteroatoms. The second-order valence-electron chi connectivity index (χ2n) is 5.83. The van der Waals surface area contributed by atoms with E-state index in [0.29, 0.717) is 18.9 Å². The third-order valence-corrected chi connectivity index (χ3v) is 5.04. The van der Waals surface area contributed by atoms with Crippen LogP contribution < -0.4 is 10.1 Å². The summed E-state index contributed by atoms with van der Waals surface area (Å²) in [7, 11) is 0. The van der Waals surface area contributed by atoms with E-state index >= 15 is 0 Å². The lowest BCUT2D eigenvalue weighted by Gasteiger charge is -2.09. The third-order valence-electron chi connectivity index (χ3n) is 3.80. The molecule has 0 atom stereocenters. The average Bonchev–Trinajstić information content (AvgIpc) is 2.65. The smallest absolute Gasteiger partial charge is 0.230 e. The number of amides is 1. The molecule has 3 nitrogen and oxygen atoms in total. The zero-order chi connectivity index (χ0) is 18.2. The van der Waals surface area contributed by atoms with Crippen LogP contribution >= 0.6 is 23.4 Å². The molecule has 3 aromatic rings. The minimum Gasteiger partial charge on any atom is -0.492 e. The molecule has 0 heterocycles. The van der Waals surface area contributed by atoms with Crippen LogP contribution in [0, 0.1) is 0 Å². The van der Waals surface area contributed by atoms with Crippen LogP contribution in [-0.2, 0) is 10.5 Å². The number of carbonyl (C=O) groups excluding carboxylic acids is 1. The van der Waals surface area contributed by atoms with Gasteiger partial charge in [0.15, 0.2) is 0 Å². The first-order valence-corrected chi connectivity index (χ1v) is 9.94. The number of ether oxygens (including phenoxy) is 1. The summed E-state index contributed by atoms with van der Waals surface area (Å²) >= 11 is 7.52. The number of rotatable bonds is 8. The summed E-state index contributed by atoms with van der Waals surface area (Å²) in [4.78, 5) is 11.9. The van der Waals surface area contributed by atoms with Crippen LogP contribution in [0.4, 0.5) is 0 Å². The molecule has 3 aromatic carbocycles. The van der Waals surface area contributed by atoms with Crippen LogP contribution in [0.15, 0.2) is 66.7 Å². The monoisotopic (exact) mass is 385 g/mol. The Labute approximate surface area is 162 Å². The van der Waals surface area contributed by atoms with E-state index in [1.54, 1.807) is 11.8 Å². The number of hydrogen-bond acceptors (Lipinski definition) is 3. The van der Waals surface area contributed by atoms with Gasteiger partial charge in [-0.15, -0.1) is 11.8 Å². The first-order valence-electron chi connectivity index (χ1n) is 8.41. The molecule has 0 aliphatic carbocycles. The fourth-order valence-electron chi connectivity index (χ4n) is 2.56. The van der Waals surface area contributed by atoms with Crippen molar-refractivity contribution in [3.63, 3.8) is 0 Å². The van der Waals surface area contributed by atoms with E-state index in [9.17, 15) is 4.79 Å². The summed E-state index contributed by atoms with van der Waals surface area (Å²) < 4.78 is 5.72. The van der Waals surface area contributed by atoms with Crippen molar-refractivity contribution in [2.75, 3.05) is 18.9 Å². The van der Waals surface area contributed by atoms with Crippen molar-refractivity contribution in [2.24, 2.45) is 0 Å². The zero-order valence-electron chi connectivity index (χ0n) is 14.3. The predicted octanol–water partition coefficient (Wildman–Crippen LogP) is 4.92. The lowest BCUT2D eigenvalue weighted by Crippen LogP contribution is -2.29. The molecule has 1 N–H and O–H groups in total. The molecule has 0 saturated carbocycles. The molecule has 0 aliphatic rings. The van der Waals surface area contributed by atoms with Crippen LogP contribution in [0.5, 0.6) is 5.75 Å². The van der Waals surface area contributed by atoms with E-state index in [4.69, 9.17) is 16.3 Å². The summed E-state index contributed by atoms with van der Waals surface area (Å²) in [5.41, 5.74) is 1.12. The molecule has 26 heavy (non-hydrogen) atoms.